The molecule has 2 N–H and O–H groups in total. The fourth-order valence-electron chi connectivity index (χ4n) is 3.08. The fourth-order valence-corrected chi connectivity index (χ4v) is 3.08. The number of aromatic carboxylic acids is 1. The lowest BCUT2D eigenvalue weighted by molar-refractivity contribution is -0.385. The van der Waals surface area contributed by atoms with Gasteiger partial charge in [-0.3, -0.25) is 14.9 Å². The van der Waals surface area contributed by atoms with E-state index in [1.54, 1.807) is 6.07 Å². The summed E-state index contributed by atoms with van der Waals surface area (Å²) < 4.78 is 11.0. The van der Waals surface area contributed by atoms with Crippen molar-refractivity contribution in [3.63, 3.8) is 0 Å². The second-order valence-electron chi connectivity index (χ2n) is 7.10. The van der Waals surface area contributed by atoms with Crippen LogP contribution >= 0.6 is 0 Å². The second kappa shape index (κ2) is 11.1. The topological polar surface area (TPSA) is 152 Å². The molecule has 0 fully saturated rings. The zero-order chi connectivity index (χ0) is 25.4. The molecule has 0 aliphatic rings. The van der Waals surface area contributed by atoms with Gasteiger partial charge >= 0.3 is 5.97 Å². The summed E-state index contributed by atoms with van der Waals surface area (Å²) in [6.07, 6.45) is 1.05. The van der Waals surface area contributed by atoms with E-state index in [1.807, 2.05) is 30.3 Å². The van der Waals surface area contributed by atoms with Crippen LogP contribution in [0.2, 0.25) is 0 Å². The Hall–Kier alpha value is -5.17. The molecular weight excluding hydrogens is 454 g/mol. The molecule has 0 aliphatic carbocycles. The number of nitriles is 1. The van der Waals surface area contributed by atoms with Gasteiger partial charge in [0.15, 0.2) is 11.5 Å². The molecule has 0 saturated carbocycles. The van der Waals surface area contributed by atoms with Crippen molar-refractivity contribution < 1.29 is 29.1 Å². The van der Waals surface area contributed by atoms with Gasteiger partial charge < -0.3 is 19.9 Å². The molecule has 0 bridgehead atoms. The van der Waals surface area contributed by atoms with E-state index in [2.05, 4.69) is 5.32 Å². The maximum atomic E-state index is 12.6. The number of carboxylic acid groups (broad SMARTS) is 1. The number of nitro groups is 1. The number of carbonyl (C=O) groups is 2. The number of anilines is 1. The van der Waals surface area contributed by atoms with E-state index in [1.165, 1.54) is 37.4 Å². The Morgan fingerprint density at radius 1 is 1.11 bits per heavy atom. The van der Waals surface area contributed by atoms with Gasteiger partial charge in [0, 0.05) is 5.69 Å². The number of nitro benzene ring substituents is 1. The molecule has 0 radical (unpaired) electrons. The van der Waals surface area contributed by atoms with Crippen LogP contribution in [0.25, 0.3) is 6.08 Å². The lowest BCUT2D eigenvalue weighted by Crippen LogP contribution is -2.14. The van der Waals surface area contributed by atoms with Crippen LogP contribution in [-0.2, 0) is 11.4 Å². The summed E-state index contributed by atoms with van der Waals surface area (Å²) in [6.45, 7) is 0.144. The summed E-state index contributed by atoms with van der Waals surface area (Å²) in [4.78, 5) is 34.8. The van der Waals surface area contributed by atoms with Crippen LogP contribution in [0.3, 0.4) is 0 Å². The third kappa shape index (κ3) is 6.21. The van der Waals surface area contributed by atoms with Crippen LogP contribution in [0.4, 0.5) is 11.4 Å². The first-order valence-electron chi connectivity index (χ1n) is 10.1. The third-order valence-electron chi connectivity index (χ3n) is 4.78. The number of nitrogens with one attached hydrogen (secondary N) is 1. The number of carboxylic acids is 1. The van der Waals surface area contributed by atoms with Gasteiger partial charge in [-0.15, -0.1) is 0 Å². The maximum Gasteiger partial charge on any atom is 0.335 e. The minimum atomic E-state index is -1.19. The first-order valence-corrected chi connectivity index (χ1v) is 10.1. The number of methoxy groups -OCH3 is 1. The Labute approximate surface area is 199 Å². The van der Waals surface area contributed by atoms with Gasteiger partial charge in [-0.25, -0.2) is 4.79 Å². The molecule has 10 heteroatoms. The molecule has 0 aliphatic heterocycles. The van der Waals surface area contributed by atoms with E-state index < -0.39 is 28.1 Å². The quantitative estimate of drug-likeness (QED) is 0.200. The molecule has 1 amide bonds. The van der Waals surface area contributed by atoms with Gasteiger partial charge in [0.2, 0.25) is 0 Å². The van der Waals surface area contributed by atoms with Gasteiger partial charge in [-0.2, -0.15) is 5.26 Å². The number of nitrogens with zero attached hydrogens (tertiary/aromatic N) is 2. The highest BCUT2D eigenvalue weighted by Crippen LogP contribution is 2.36. The molecule has 0 aromatic heterocycles. The maximum absolute atomic E-state index is 12.6. The Morgan fingerprint density at radius 3 is 2.49 bits per heavy atom. The highest BCUT2D eigenvalue weighted by Gasteiger charge is 2.21. The molecule has 0 heterocycles. The SMILES string of the molecule is COc1cc(/C=C(/C#N)C(=O)Nc2cccc(C(=O)O)c2)c([N+](=O)[O-])cc1OCc1ccccc1. The van der Waals surface area contributed by atoms with E-state index >= 15 is 0 Å². The van der Waals surface area contributed by atoms with Crippen LogP contribution in [0, 0.1) is 21.4 Å². The summed E-state index contributed by atoms with van der Waals surface area (Å²) in [5.41, 5.74) is 0.0437. The van der Waals surface area contributed by atoms with Crippen molar-refractivity contribution in [3.05, 3.63) is 99.1 Å². The summed E-state index contributed by atoms with van der Waals surface area (Å²) in [5, 5.41) is 32.7. The highest BCUT2D eigenvalue weighted by molar-refractivity contribution is 6.10. The summed E-state index contributed by atoms with van der Waals surface area (Å²) in [7, 11) is 1.36. The predicted octanol–water partition coefficient (Wildman–Crippen LogP) is 4.43. The Morgan fingerprint density at radius 2 is 1.86 bits per heavy atom. The van der Waals surface area contributed by atoms with Crippen LogP contribution in [-0.4, -0.2) is 29.0 Å². The first-order chi connectivity index (χ1) is 16.8. The number of hydrogen-bond acceptors (Lipinski definition) is 7. The van der Waals surface area contributed by atoms with E-state index in [0.717, 1.165) is 17.7 Å². The smallest absolute Gasteiger partial charge is 0.335 e. The fraction of sp³-hybridized carbons (Fsp3) is 0.0800. The number of ether oxygens (including phenoxy) is 2. The third-order valence-corrected chi connectivity index (χ3v) is 4.78. The molecule has 0 saturated heterocycles. The van der Waals surface area contributed by atoms with Gasteiger partial charge in [-0.1, -0.05) is 36.4 Å². The van der Waals surface area contributed by atoms with Crippen LogP contribution in [0.5, 0.6) is 11.5 Å². The van der Waals surface area contributed by atoms with Crippen molar-refractivity contribution in [1.29, 1.82) is 5.26 Å². The summed E-state index contributed by atoms with van der Waals surface area (Å²) in [5.74, 6) is -1.76. The first kappa shape index (κ1) is 24.5. The average molecular weight is 473 g/mol. The lowest BCUT2D eigenvalue weighted by Gasteiger charge is -2.12. The highest BCUT2D eigenvalue weighted by atomic mass is 16.6. The summed E-state index contributed by atoms with van der Waals surface area (Å²) >= 11 is 0. The van der Waals surface area contributed by atoms with Crippen molar-refractivity contribution in [1.82, 2.24) is 0 Å². The predicted molar refractivity (Wildman–Crippen MR) is 126 cm³/mol. The molecule has 176 valence electrons. The Bertz CT molecular complexity index is 1340. The molecule has 0 atom stereocenters. The van der Waals surface area contributed by atoms with Crippen molar-refractivity contribution in [2.45, 2.75) is 6.61 Å². The molecular formula is C25H19N3O7. The number of benzene rings is 3. The molecule has 3 aromatic rings. The zero-order valence-electron chi connectivity index (χ0n) is 18.4. The summed E-state index contributed by atoms with van der Waals surface area (Å²) in [6, 6.07) is 18.8. The number of amides is 1. The average Bonchev–Trinajstić information content (AvgIpc) is 2.86. The normalized spacial score (nSPS) is 10.7. The van der Waals surface area contributed by atoms with Gasteiger partial charge in [0.1, 0.15) is 18.2 Å². The van der Waals surface area contributed by atoms with Crippen molar-refractivity contribution in [2.24, 2.45) is 0 Å². The van der Waals surface area contributed by atoms with E-state index in [9.17, 15) is 25.0 Å². The van der Waals surface area contributed by atoms with E-state index in [0.29, 0.717) is 0 Å². The standard InChI is InChI=1S/C25H19N3O7/c1-34-22-12-18(21(28(32)33)13-23(22)35-15-16-6-3-2-4-7-16)10-19(14-26)24(29)27-20-9-5-8-17(11-20)25(30)31/h2-13H,15H2,1H3,(H,27,29)(H,30,31)/b19-10-. The number of carbonyl (C=O) groups excluding carboxylic acids is 1. The van der Waals surface area contributed by atoms with Crippen molar-refractivity contribution >= 4 is 29.3 Å². The number of hydrogen-bond donors (Lipinski definition) is 2. The minimum Gasteiger partial charge on any atom is -0.493 e. The monoisotopic (exact) mass is 473 g/mol. The van der Waals surface area contributed by atoms with Crippen LogP contribution < -0.4 is 14.8 Å². The number of rotatable bonds is 9. The van der Waals surface area contributed by atoms with Crippen molar-refractivity contribution in [3.8, 4) is 17.6 Å². The van der Waals surface area contributed by atoms with E-state index in [-0.39, 0.29) is 34.9 Å². The second-order valence-corrected chi connectivity index (χ2v) is 7.10. The molecule has 0 spiro atoms. The molecule has 3 rings (SSSR count). The Balaban J connectivity index is 1.92. The zero-order valence-corrected chi connectivity index (χ0v) is 18.4. The van der Waals surface area contributed by atoms with Crippen molar-refractivity contribution in [2.75, 3.05) is 12.4 Å². The van der Waals surface area contributed by atoms with E-state index in [4.69, 9.17) is 14.6 Å². The minimum absolute atomic E-state index is 0.0510. The van der Waals surface area contributed by atoms with Gasteiger partial charge in [0.25, 0.3) is 11.6 Å². The Kier molecular flexibility index (Phi) is 7.77. The van der Waals surface area contributed by atoms with Gasteiger partial charge in [0.05, 0.1) is 29.2 Å². The molecule has 0 unspecified atom stereocenters. The largest absolute Gasteiger partial charge is 0.493 e. The van der Waals surface area contributed by atoms with Gasteiger partial charge in [-0.05, 0) is 35.9 Å². The molecule has 35 heavy (non-hydrogen) atoms. The lowest BCUT2D eigenvalue weighted by atomic mass is 10.1. The molecule has 3 aromatic carbocycles. The van der Waals surface area contributed by atoms with Crippen LogP contribution in [0.15, 0.2) is 72.3 Å². The molecule has 10 nitrogen and oxygen atoms in total. The van der Waals surface area contributed by atoms with Crippen LogP contribution in [0.1, 0.15) is 21.5 Å².